The number of likely N-dealkylation sites (N-methyl/N-ethyl adjacent to an activating group) is 1. The predicted molar refractivity (Wildman–Crippen MR) is 124 cm³/mol. The number of methoxy groups -OCH3 is 1. The summed E-state index contributed by atoms with van der Waals surface area (Å²) in [6.45, 7) is 2.21. The zero-order chi connectivity index (χ0) is 22.1. The van der Waals surface area contributed by atoms with Gasteiger partial charge in [-0.05, 0) is 67.4 Å². The number of rotatable bonds is 5. The molecule has 2 aromatic heterocycles. The van der Waals surface area contributed by atoms with Crippen LogP contribution in [0.3, 0.4) is 0 Å². The van der Waals surface area contributed by atoms with Crippen molar-refractivity contribution in [3.8, 4) is 17.0 Å². The first kappa shape index (κ1) is 20.2. The quantitative estimate of drug-likeness (QED) is 0.663. The number of hydrogen-bond donors (Lipinski definition) is 1. The van der Waals surface area contributed by atoms with E-state index in [0.29, 0.717) is 28.7 Å². The number of hydrogen-bond acceptors (Lipinski definition) is 6. The van der Waals surface area contributed by atoms with E-state index in [1.165, 1.54) is 18.2 Å². The molecule has 1 aromatic carbocycles. The van der Waals surface area contributed by atoms with Crippen LogP contribution in [0, 0.1) is 0 Å². The summed E-state index contributed by atoms with van der Waals surface area (Å²) in [6.07, 6.45) is 7.90. The van der Waals surface area contributed by atoms with E-state index in [0.717, 1.165) is 29.9 Å². The average molecular weight is 427 g/mol. The molecule has 1 radical (unpaired) electrons. The molecule has 5 rings (SSSR count). The molecule has 0 saturated carbocycles. The lowest BCUT2D eigenvalue weighted by molar-refractivity contribution is 0.0965. The number of carbonyl (C=O) groups excluding carboxylic acids is 1. The standard InChI is InChI=1S/C25H24N5O2/c1-30-10-8-18(15-30)16-3-5-20(6-4-16)28-24-23-17(7-9-27-25(23)31)12-22(29-24)19-11-21(32-2)14-26-13-19/h3-7,9,11-14,18H,8,10,15H2,1-2H3,(H,28,29). The normalized spacial score (nSPS) is 17.7. The fourth-order valence-electron chi connectivity index (χ4n) is 4.26. The van der Waals surface area contributed by atoms with Crippen LogP contribution in [0.2, 0.25) is 0 Å². The Hall–Kier alpha value is -3.71. The molecule has 4 heterocycles. The van der Waals surface area contributed by atoms with Crippen molar-refractivity contribution in [1.82, 2.24) is 20.2 Å². The van der Waals surface area contributed by atoms with Crippen LogP contribution < -0.4 is 15.4 Å². The smallest absolute Gasteiger partial charge is 0.281 e. The van der Waals surface area contributed by atoms with Crippen LogP contribution in [0.5, 0.6) is 5.75 Å². The Kier molecular flexibility index (Phi) is 5.33. The van der Waals surface area contributed by atoms with Crippen molar-refractivity contribution in [2.45, 2.75) is 12.3 Å². The molecule has 1 atom stereocenters. The molecule has 0 bridgehead atoms. The predicted octanol–water partition coefficient (Wildman–Crippen LogP) is 4.04. The summed E-state index contributed by atoms with van der Waals surface area (Å²) < 4.78 is 5.30. The van der Waals surface area contributed by atoms with E-state index in [1.54, 1.807) is 19.5 Å². The minimum Gasteiger partial charge on any atom is -0.495 e. The van der Waals surface area contributed by atoms with Crippen molar-refractivity contribution >= 4 is 23.5 Å². The van der Waals surface area contributed by atoms with Crippen LogP contribution in [0.15, 0.2) is 55.0 Å². The fraction of sp³-hybridized carbons (Fsp3) is 0.240. The van der Waals surface area contributed by atoms with E-state index < -0.39 is 0 Å². The van der Waals surface area contributed by atoms with E-state index in [-0.39, 0.29) is 5.91 Å². The van der Waals surface area contributed by atoms with Crippen LogP contribution in [0.25, 0.3) is 17.3 Å². The van der Waals surface area contributed by atoms with Gasteiger partial charge in [0.15, 0.2) is 0 Å². The third-order valence-corrected chi connectivity index (χ3v) is 5.99. The largest absolute Gasteiger partial charge is 0.495 e. The van der Waals surface area contributed by atoms with Crippen molar-refractivity contribution in [2.24, 2.45) is 0 Å². The molecule has 0 spiro atoms. The van der Waals surface area contributed by atoms with Gasteiger partial charge in [-0.15, -0.1) is 0 Å². The van der Waals surface area contributed by atoms with E-state index in [9.17, 15) is 4.79 Å². The van der Waals surface area contributed by atoms with Crippen LogP contribution >= 0.6 is 0 Å². The number of ether oxygens (including phenoxy) is 1. The lowest BCUT2D eigenvalue weighted by Crippen LogP contribution is -2.18. The number of nitrogens with zero attached hydrogens (tertiary/aromatic N) is 4. The first-order valence-corrected chi connectivity index (χ1v) is 10.6. The Balaban J connectivity index is 1.50. The maximum Gasteiger partial charge on any atom is 0.281 e. The monoisotopic (exact) mass is 426 g/mol. The third-order valence-electron chi connectivity index (χ3n) is 5.99. The number of likely N-dealkylation sites (tertiary alicyclic amines) is 1. The highest BCUT2D eigenvalue weighted by molar-refractivity contribution is 6.05. The Bertz CT molecular complexity index is 1190. The number of nitrogens with one attached hydrogen (secondary N) is 1. The number of carbonyl (C=O) groups is 1. The van der Waals surface area contributed by atoms with Gasteiger partial charge >= 0.3 is 0 Å². The molecule has 1 N–H and O–H groups in total. The van der Waals surface area contributed by atoms with E-state index in [2.05, 4.69) is 39.7 Å². The number of pyridine rings is 2. The summed E-state index contributed by atoms with van der Waals surface area (Å²) in [5.74, 6) is 1.38. The zero-order valence-electron chi connectivity index (χ0n) is 18.1. The third kappa shape index (κ3) is 3.94. The van der Waals surface area contributed by atoms with E-state index in [4.69, 9.17) is 9.72 Å². The molecule has 3 aromatic rings. The number of fused-ring (bicyclic) bond motifs is 1. The second kappa shape index (κ2) is 8.43. The lowest BCUT2D eigenvalue weighted by atomic mass is 9.98. The molecular weight excluding hydrogens is 402 g/mol. The van der Waals surface area contributed by atoms with Crippen LogP contribution in [-0.2, 0) is 0 Å². The summed E-state index contributed by atoms with van der Waals surface area (Å²) in [6, 6.07) is 12.1. The first-order valence-electron chi connectivity index (χ1n) is 10.6. The molecule has 1 amide bonds. The van der Waals surface area contributed by atoms with Crippen molar-refractivity contribution < 1.29 is 9.53 Å². The number of benzene rings is 1. The highest BCUT2D eigenvalue weighted by atomic mass is 16.5. The van der Waals surface area contributed by atoms with Gasteiger partial charge in [-0.25, -0.2) is 10.3 Å². The summed E-state index contributed by atoms with van der Waals surface area (Å²) in [5.41, 5.74) is 4.94. The lowest BCUT2D eigenvalue weighted by Gasteiger charge is -2.17. The molecule has 1 unspecified atom stereocenters. The molecule has 32 heavy (non-hydrogen) atoms. The minimum atomic E-state index is -0.307. The van der Waals surface area contributed by atoms with Gasteiger partial charge in [-0.3, -0.25) is 9.78 Å². The van der Waals surface area contributed by atoms with Crippen molar-refractivity contribution in [3.63, 3.8) is 0 Å². The number of aromatic nitrogens is 2. The molecule has 7 nitrogen and oxygen atoms in total. The van der Waals surface area contributed by atoms with Gasteiger partial charge in [-0.1, -0.05) is 12.1 Å². The van der Waals surface area contributed by atoms with Crippen LogP contribution in [0.4, 0.5) is 11.5 Å². The SMILES string of the molecule is COc1cncc(-c2cc3c(c(Nc4ccc(C5CCN(C)C5)cc4)n2)C(=O)[N]C=C3)c1. The average Bonchev–Trinajstić information content (AvgIpc) is 3.25. The molecule has 2 aliphatic rings. The van der Waals surface area contributed by atoms with Gasteiger partial charge in [0.2, 0.25) is 0 Å². The Labute approximate surface area is 187 Å². The molecule has 7 heteroatoms. The van der Waals surface area contributed by atoms with Gasteiger partial charge < -0.3 is 15.0 Å². The van der Waals surface area contributed by atoms with Crippen LogP contribution in [0.1, 0.15) is 33.8 Å². The Morgan fingerprint density at radius 1 is 1.16 bits per heavy atom. The maximum absolute atomic E-state index is 12.6. The second-order valence-electron chi connectivity index (χ2n) is 8.18. The summed E-state index contributed by atoms with van der Waals surface area (Å²) in [7, 11) is 3.76. The van der Waals surface area contributed by atoms with Crippen molar-refractivity contribution in [2.75, 3.05) is 32.6 Å². The van der Waals surface area contributed by atoms with Gasteiger partial charge in [0, 0.05) is 30.2 Å². The molecule has 161 valence electrons. The van der Waals surface area contributed by atoms with Gasteiger partial charge in [0.25, 0.3) is 5.91 Å². The molecule has 1 saturated heterocycles. The molecular formula is C25H24N5O2. The molecule has 2 aliphatic heterocycles. The fourth-order valence-corrected chi connectivity index (χ4v) is 4.26. The minimum absolute atomic E-state index is 0.307. The van der Waals surface area contributed by atoms with Gasteiger partial charge in [0.1, 0.15) is 11.6 Å². The van der Waals surface area contributed by atoms with Gasteiger partial charge in [0.05, 0.1) is 24.6 Å². The summed E-state index contributed by atoms with van der Waals surface area (Å²) in [5, 5.41) is 7.28. The summed E-state index contributed by atoms with van der Waals surface area (Å²) >= 11 is 0. The van der Waals surface area contributed by atoms with E-state index in [1.807, 2.05) is 30.3 Å². The molecule has 1 fully saturated rings. The Morgan fingerprint density at radius 2 is 2.00 bits per heavy atom. The van der Waals surface area contributed by atoms with Crippen LogP contribution in [-0.4, -0.2) is 48.0 Å². The number of anilines is 2. The highest BCUT2D eigenvalue weighted by Gasteiger charge is 2.23. The maximum atomic E-state index is 12.6. The van der Waals surface area contributed by atoms with Crippen molar-refractivity contribution in [1.29, 1.82) is 0 Å². The zero-order valence-corrected chi connectivity index (χ0v) is 18.1. The second-order valence-corrected chi connectivity index (χ2v) is 8.18. The topological polar surface area (TPSA) is 81.4 Å². The van der Waals surface area contributed by atoms with Gasteiger partial charge in [-0.2, -0.15) is 0 Å². The Morgan fingerprint density at radius 3 is 2.75 bits per heavy atom. The molecule has 0 aliphatic carbocycles. The van der Waals surface area contributed by atoms with Crippen molar-refractivity contribution in [3.05, 3.63) is 71.7 Å². The number of amides is 1. The highest BCUT2D eigenvalue weighted by Crippen LogP contribution is 2.32. The summed E-state index contributed by atoms with van der Waals surface area (Å²) in [4.78, 5) is 23.9. The van der Waals surface area contributed by atoms with E-state index >= 15 is 0 Å². The first-order chi connectivity index (χ1) is 15.6.